The largest absolute Gasteiger partial charge is 0.355 e. The maximum absolute atomic E-state index is 12.7. The summed E-state index contributed by atoms with van der Waals surface area (Å²) in [7, 11) is 1.74. The number of thioether (sulfide) groups is 1. The van der Waals surface area contributed by atoms with E-state index in [4.69, 9.17) is 0 Å². The van der Waals surface area contributed by atoms with E-state index < -0.39 is 0 Å². The number of carbonyl (C=O) groups excluding carboxylic acids is 1. The maximum atomic E-state index is 12.7. The summed E-state index contributed by atoms with van der Waals surface area (Å²) >= 11 is 1.93. The zero-order chi connectivity index (χ0) is 19.4. The van der Waals surface area contributed by atoms with Crippen molar-refractivity contribution in [3.8, 4) is 0 Å². The second kappa shape index (κ2) is 8.27. The molecule has 1 amide bonds. The van der Waals surface area contributed by atoms with Crippen LogP contribution in [0.5, 0.6) is 0 Å². The fourth-order valence-electron chi connectivity index (χ4n) is 3.51. The molecule has 1 heterocycles. The lowest BCUT2D eigenvalue weighted by Gasteiger charge is -2.20. The van der Waals surface area contributed by atoms with Gasteiger partial charge in [-0.05, 0) is 43.0 Å². The van der Waals surface area contributed by atoms with Gasteiger partial charge >= 0.3 is 0 Å². The highest BCUT2D eigenvalue weighted by Crippen LogP contribution is 2.51. The average Bonchev–Trinajstić information content (AvgIpc) is 3.35. The zero-order valence-corrected chi connectivity index (χ0v) is 17.0. The second-order valence-corrected chi connectivity index (χ2v) is 8.84. The number of aliphatic imine (C=N–C) groups is 1. The van der Waals surface area contributed by atoms with Gasteiger partial charge in [0, 0.05) is 35.5 Å². The Morgan fingerprint density at radius 3 is 2.61 bits per heavy atom. The first-order chi connectivity index (χ1) is 13.7. The van der Waals surface area contributed by atoms with Gasteiger partial charge in [-0.25, -0.2) is 0 Å². The van der Waals surface area contributed by atoms with Crippen molar-refractivity contribution < 1.29 is 4.79 Å². The number of nitrogens with one attached hydrogen (secondary N) is 2. The number of hydrogen-bond donors (Lipinski definition) is 2. The van der Waals surface area contributed by atoms with Gasteiger partial charge in [-0.2, -0.15) is 0 Å². The van der Waals surface area contributed by atoms with E-state index in [9.17, 15) is 4.79 Å². The third-order valence-electron chi connectivity index (χ3n) is 5.28. The number of carbonyl (C=O) groups is 1. The van der Waals surface area contributed by atoms with Crippen molar-refractivity contribution in [3.05, 3.63) is 60.2 Å². The Hall–Kier alpha value is -2.47. The molecule has 5 nitrogen and oxygen atoms in total. The molecule has 0 spiro atoms. The normalized spacial score (nSPS) is 17.2. The third kappa shape index (κ3) is 4.33. The van der Waals surface area contributed by atoms with Gasteiger partial charge in [0.25, 0.3) is 0 Å². The Morgan fingerprint density at radius 2 is 1.86 bits per heavy atom. The Bertz CT molecular complexity index is 864. The second-order valence-electron chi connectivity index (χ2n) is 7.30. The molecule has 1 aliphatic heterocycles. The van der Waals surface area contributed by atoms with Crippen molar-refractivity contribution in [1.29, 1.82) is 0 Å². The fraction of sp³-hybridized carbons (Fsp3) is 0.364. The average molecular weight is 395 g/mol. The summed E-state index contributed by atoms with van der Waals surface area (Å²) in [6.45, 7) is 1.84. The number of benzene rings is 2. The maximum Gasteiger partial charge on any atom is 0.246 e. The van der Waals surface area contributed by atoms with E-state index in [0.29, 0.717) is 5.96 Å². The summed E-state index contributed by atoms with van der Waals surface area (Å²) < 4.78 is 0.233. The summed E-state index contributed by atoms with van der Waals surface area (Å²) in [4.78, 5) is 20.1. The number of amides is 1. The molecule has 2 N–H and O–H groups in total. The number of anilines is 1. The molecular weight excluding hydrogens is 368 g/mol. The molecule has 4 rings (SSSR count). The monoisotopic (exact) mass is 394 g/mol. The number of hydrogen-bond acceptors (Lipinski definition) is 3. The molecule has 0 aromatic heterocycles. The third-order valence-corrected chi connectivity index (χ3v) is 6.78. The van der Waals surface area contributed by atoms with Crippen LogP contribution in [0.3, 0.4) is 0 Å². The van der Waals surface area contributed by atoms with E-state index in [1.54, 1.807) is 7.05 Å². The van der Waals surface area contributed by atoms with Crippen molar-refractivity contribution in [2.45, 2.75) is 28.9 Å². The van der Waals surface area contributed by atoms with Crippen LogP contribution in [0.2, 0.25) is 0 Å². The van der Waals surface area contributed by atoms with E-state index in [0.717, 1.165) is 25.2 Å². The molecule has 0 radical (unpaired) electrons. The Balaban J connectivity index is 1.27. The van der Waals surface area contributed by atoms with E-state index in [1.165, 1.54) is 23.3 Å². The highest BCUT2D eigenvalue weighted by Gasteiger charge is 2.43. The van der Waals surface area contributed by atoms with Crippen LogP contribution in [0.25, 0.3) is 0 Å². The summed E-state index contributed by atoms with van der Waals surface area (Å²) in [6.07, 6.45) is 3.31. The summed E-state index contributed by atoms with van der Waals surface area (Å²) in [6, 6.07) is 18.6. The Labute approximate surface area is 170 Å². The van der Waals surface area contributed by atoms with E-state index in [2.05, 4.69) is 46.0 Å². The lowest BCUT2D eigenvalue weighted by Crippen LogP contribution is -2.46. The van der Waals surface area contributed by atoms with Crippen molar-refractivity contribution in [1.82, 2.24) is 10.6 Å². The van der Waals surface area contributed by atoms with Crippen LogP contribution >= 0.6 is 11.8 Å². The first kappa shape index (κ1) is 18.9. The Morgan fingerprint density at radius 1 is 1.11 bits per heavy atom. The minimum atomic E-state index is 0.0766. The standard InChI is InChI=1S/C22H26N4OS/c1-23-21(25-16-22(12-13-22)28-18-8-3-2-4-9-18)24-15-20(27)26-14-11-17-7-5-6-10-19(17)26/h2-10H,11-16H2,1H3,(H2,23,24,25). The van der Waals surface area contributed by atoms with Crippen LogP contribution in [-0.4, -0.2) is 43.3 Å². The predicted molar refractivity (Wildman–Crippen MR) is 116 cm³/mol. The Kier molecular flexibility index (Phi) is 5.57. The quantitative estimate of drug-likeness (QED) is 0.584. The number of rotatable bonds is 6. The first-order valence-corrected chi connectivity index (χ1v) is 10.6. The fourth-order valence-corrected chi connectivity index (χ4v) is 4.75. The molecule has 0 unspecified atom stereocenters. The van der Waals surface area contributed by atoms with Gasteiger partial charge < -0.3 is 15.5 Å². The van der Waals surface area contributed by atoms with Gasteiger partial charge in [0.1, 0.15) is 0 Å². The van der Waals surface area contributed by atoms with E-state index in [1.807, 2.05) is 40.9 Å². The van der Waals surface area contributed by atoms with Gasteiger partial charge in [0.2, 0.25) is 5.91 Å². The minimum absolute atomic E-state index is 0.0766. The number of guanidine groups is 1. The molecule has 0 atom stereocenters. The van der Waals surface area contributed by atoms with Gasteiger partial charge in [0.15, 0.2) is 5.96 Å². The molecule has 1 fully saturated rings. The molecule has 0 saturated heterocycles. The number of nitrogens with zero attached hydrogens (tertiary/aromatic N) is 2. The van der Waals surface area contributed by atoms with Crippen LogP contribution in [0.1, 0.15) is 18.4 Å². The van der Waals surface area contributed by atoms with Crippen LogP contribution < -0.4 is 15.5 Å². The van der Waals surface area contributed by atoms with Gasteiger partial charge in [0.05, 0.1) is 6.54 Å². The van der Waals surface area contributed by atoms with Crippen LogP contribution in [0, 0.1) is 0 Å². The zero-order valence-electron chi connectivity index (χ0n) is 16.1. The first-order valence-electron chi connectivity index (χ1n) is 9.76. The SMILES string of the molecule is CN=C(NCC(=O)N1CCc2ccccc21)NCC1(Sc2ccccc2)CC1. The molecule has 0 bridgehead atoms. The smallest absolute Gasteiger partial charge is 0.246 e. The molecule has 2 aromatic rings. The van der Waals surface area contributed by atoms with Crippen molar-refractivity contribution >= 4 is 29.3 Å². The lowest BCUT2D eigenvalue weighted by atomic mass is 10.2. The minimum Gasteiger partial charge on any atom is -0.355 e. The summed E-state index contributed by atoms with van der Waals surface area (Å²) in [5.41, 5.74) is 2.28. The molecule has 2 aromatic carbocycles. The number of fused-ring (bicyclic) bond motifs is 1. The molecule has 6 heteroatoms. The van der Waals surface area contributed by atoms with E-state index in [-0.39, 0.29) is 17.2 Å². The van der Waals surface area contributed by atoms with Gasteiger partial charge in [-0.1, -0.05) is 36.4 Å². The highest BCUT2D eigenvalue weighted by atomic mass is 32.2. The van der Waals surface area contributed by atoms with Crippen molar-refractivity contribution in [2.75, 3.05) is 31.6 Å². The van der Waals surface area contributed by atoms with Gasteiger partial charge in [-0.15, -0.1) is 11.8 Å². The lowest BCUT2D eigenvalue weighted by molar-refractivity contribution is -0.117. The molecule has 146 valence electrons. The summed E-state index contributed by atoms with van der Waals surface area (Å²) in [5.74, 6) is 0.758. The van der Waals surface area contributed by atoms with Crippen LogP contribution in [0.4, 0.5) is 5.69 Å². The molecule has 2 aliphatic rings. The summed E-state index contributed by atoms with van der Waals surface area (Å²) in [5, 5.41) is 6.58. The molecule has 1 saturated carbocycles. The van der Waals surface area contributed by atoms with E-state index >= 15 is 0 Å². The van der Waals surface area contributed by atoms with Crippen LogP contribution in [-0.2, 0) is 11.2 Å². The number of para-hydroxylation sites is 1. The molecular formula is C22H26N4OS. The van der Waals surface area contributed by atoms with Crippen molar-refractivity contribution in [2.24, 2.45) is 4.99 Å². The highest BCUT2D eigenvalue weighted by molar-refractivity contribution is 8.01. The molecule has 28 heavy (non-hydrogen) atoms. The van der Waals surface area contributed by atoms with Crippen LogP contribution in [0.15, 0.2) is 64.5 Å². The predicted octanol–water partition coefficient (Wildman–Crippen LogP) is 3.07. The van der Waals surface area contributed by atoms with Gasteiger partial charge in [-0.3, -0.25) is 9.79 Å². The van der Waals surface area contributed by atoms with Crippen molar-refractivity contribution in [3.63, 3.8) is 0 Å². The topological polar surface area (TPSA) is 56.7 Å². The molecule has 1 aliphatic carbocycles.